The van der Waals surface area contributed by atoms with Crippen molar-refractivity contribution < 1.29 is 14.6 Å². The van der Waals surface area contributed by atoms with Crippen LogP contribution in [0.1, 0.15) is 15.9 Å². The van der Waals surface area contributed by atoms with E-state index >= 15 is 0 Å². The Morgan fingerprint density at radius 2 is 2.14 bits per heavy atom. The van der Waals surface area contributed by atoms with Crippen molar-refractivity contribution in [3.63, 3.8) is 0 Å². The number of phenolic OH excluding ortho intramolecular Hbond substituents is 1. The lowest BCUT2D eigenvalue weighted by Crippen LogP contribution is -2.25. The number of aromatic amines is 1. The molecule has 0 aliphatic rings. The third-order valence-electron chi connectivity index (χ3n) is 4.46. The summed E-state index contributed by atoms with van der Waals surface area (Å²) in [5, 5.41) is 15.0. The van der Waals surface area contributed by atoms with Gasteiger partial charge in [0.05, 0.1) is 17.6 Å². The molecule has 7 heteroatoms. The third-order valence-corrected chi connectivity index (χ3v) is 5.33. The highest BCUT2D eigenvalue weighted by Gasteiger charge is 2.17. The highest BCUT2D eigenvalue weighted by Crippen LogP contribution is 2.30. The van der Waals surface area contributed by atoms with Crippen molar-refractivity contribution in [2.24, 2.45) is 0 Å². The number of nitrogens with one attached hydrogen (secondary N) is 2. The van der Waals surface area contributed by atoms with Crippen LogP contribution in [0.25, 0.3) is 21.7 Å². The Hall–Kier alpha value is -3.32. The van der Waals surface area contributed by atoms with E-state index in [0.29, 0.717) is 35.4 Å². The second kappa shape index (κ2) is 7.74. The zero-order valence-electron chi connectivity index (χ0n) is 15.2. The molecule has 2 aromatic carbocycles. The van der Waals surface area contributed by atoms with Gasteiger partial charge in [0.2, 0.25) is 0 Å². The van der Waals surface area contributed by atoms with E-state index in [9.17, 15) is 9.90 Å². The number of hydrogen-bond donors (Lipinski definition) is 3. The van der Waals surface area contributed by atoms with Gasteiger partial charge in [-0.3, -0.25) is 4.79 Å². The topological polar surface area (TPSA) is 87.2 Å². The van der Waals surface area contributed by atoms with Gasteiger partial charge in [0.1, 0.15) is 28.4 Å². The molecule has 2 aromatic heterocycles. The van der Waals surface area contributed by atoms with Crippen LogP contribution in [0.15, 0.2) is 53.9 Å². The van der Waals surface area contributed by atoms with Gasteiger partial charge < -0.3 is 20.1 Å². The van der Waals surface area contributed by atoms with Gasteiger partial charge in [0.25, 0.3) is 5.91 Å². The molecule has 1 amide bonds. The van der Waals surface area contributed by atoms with Crippen LogP contribution in [0.4, 0.5) is 0 Å². The van der Waals surface area contributed by atoms with E-state index < -0.39 is 0 Å². The molecule has 2 heterocycles. The molecule has 0 fully saturated rings. The second-order valence-corrected chi connectivity index (χ2v) is 7.22. The molecule has 0 spiro atoms. The first-order valence-electron chi connectivity index (χ1n) is 8.82. The van der Waals surface area contributed by atoms with Crippen molar-refractivity contribution in [2.75, 3.05) is 13.7 Å². The van der Waals surface area contributed by atoms with Crippen LogP contribution < -0.4 is 10.1 Å². The van der Waals surface area contributed by atoms with E-state index in [1.807, 2.05) is 41.8 Å². The summed E-state index contributed by atoms with van der Waals surface area (Å²) < 4.78 is 5.22. The smallest absolute Gasteiger partial charge is 0.253 e. The molecule has 0 unspecified atom stereocenters. The van der Waals surface area contributed by atoms with Crippen LogP contribution in [-0.2, 0) is 6.42 Å². The van der Waals surface area contributed by atoms with Crippen molar-refractivity contribution in [3.8, 4) is 22.2 Å². The minimum atomic E-state index is -0.225. The number of imidazole rings is 1. The van der Waals surface area contributed by atoms with E-state index in [2.05, 4.69) is 15.3 Å². The van der Waals surface area contributed by atoms with Gasteiger partial charge in [-0.15, -0.1) is 11.3 Å². The first kappa shape index (κ1) is 18.1. The molecule has 0 saturated carbocycles. The summed E-state index contributed by atoms with van der Waals surface area (Å²) in [4.78, 5) is 21.3. The molecule has 28 heavy (non-hydrogen) atoms. The number of H-pyrrole nitrogens is 1. The highest BCUT2D eigenvalue weighted by molar-refractivity contribution is 7.13. The fourth-order valence-corrected chi connectivity index (χ4v) is 3.70. The lowest BCUT2D eigenvalue weighted by Gasteiger charge is -2.07. The van der Waals surface area contributed by atoms with Crippen LogP contribution in [0.5, 0.6) is 11.5 Å². The van der Waals surface area contributed by atoms with Gasteiger partial charge in [-0.25, -0.2) is 4.98 Å². The second-order valence-electron chi connectivity index (χ2n) is 6.28. The Balaban J connectivity index is 1.53. The number of carbonyl (C=O) groups is 1. The molecule has 0 aliphatic heterocycles. The fourth-order valence-electron chi connectivity index (χ4n) is 3.03. The number of methoxy groups -OCH3 is 1. The number of ether oxygens (including phenoxy) is 1. The maximum atomic E-state index is 12.7. The first-order chi connectivity index (χ1) is 13.7. The van der Waals surface area contributed by atoms with Gasteiger partial charge >= 0.3 is 0 Å². The van der Waals surface area contributed by atoms with Crippen LogP contribution in [-0.4, -0.2) is 34.6 Å². The number of thiophene rings is 1. The monoisotopic (exact) mass is 393 g/mol. The van der Waals surface area contributed by atoms with E-state index in [1.165, 1.54) is 17.4 Å². The molecular formula is C21H19N3O3S. The number of phenols is 1. The van der Waals surface area contributed by atoms with E-state index in [-0.39, 0.29) is 11.7 Å². The number of benzene rings is 2. The molecular weight excluding hydrogens is 374 g/mol. The van der Waals surface area contributed by atoms with Crippen LogP contribution in [0.3, 0.4) is 0 Å². The number of fused-ring (bicyclic) bond motifs is 1. The van der Waals surface area contributed by atoms with Gasteiger partial charge in [0.15, 0.2) is 0 Å². The zero-order chi connectivity index (χ0) is 19.5. The number of aromatic hydroxyl groups is 1. The fraction of sp³-hybridized carbons (Fsp3) is 0.143. The maximum absolute atomic E-state index is 12.7. The minimum Gasteiger partial charge on any atom is -0.506 e. The molecule has 6 nitrogen and oxygen atoms in total. The Bertz CT molecular complexity index is 1120. The molecule has 4 rings (SSSR count). The number of rotatable bonds is 6. The Morgan fingerprint density at radius 1 is 1.25 bits per heavy atom. The van der Waals surface area contributed by atoms with Crippen molar-refractivity contribution >= 4 is 28.3 Å². The molecule has 3 N–H and O–H groups in total. The average Bonchev–Trinajstić information content (AvgIpc) is 3.38. The molecule has 0 atom stereocenters. The van der Waals surface area contributed by atoms with Crippen molar-refractivity contribution in [1.82, 2.24) is 15.3 Å². The van der Waals surface area contributed by atoms with Crippen molar-refractivity contribution in [1.29, 1.82) is 0 Å². The number of nitrogens with zero attached hydrogens (tertiary/aromatic N) is 1. The molecule has 142 valence electrons. The quantitative estimate of drug-likeness (QED) is 0.462. The van der Waals surface area contributed by atoms with Gasteiger partial charge in [0, 0.05) is 6.54 Å². The summed E-state index contributed by atoms with van der Waals surface area (Å²) in [5.41, 5.74) is 2.43. The van der Waals surface area contributed by atoms with E-state index in [1.54, 1.807) is 13.2 Å². The third kappa shape index (κ3) is 3.57. The highest BCUT2D eigenvalue weighted by atomic mass is 32.1. The number of aromatic nitrogens is 2. The predicted molar refractivity (Wildman–Crippen MR) is 110 cm³/mol. The van der Waals surface area contributed by atoms with Crippen molar-refractivity contribution in [3.05, 3.63) is 65.0 Å². The molecule has 4 aromatic rings. The van der Waals surface area contributed by atoms with Crippen molar-refractivity contribution in [2.45, 2.75) is 6.42 Å². The number of carbonyl (C=O) groups excluding carboxylic acids is 1. The van der Waals surface area contributed by atoms with Gasteiger partial charge in [-0.1, -0.05) is 18.2 Å². The minimum absolute atomic E-state index is 0.0678. The van der Waals surface area contributed by atoms with Gasteiger partial charge in [-0.2, -0.15) is 0 Å². The number of hydrogen-bond acceptors (Lipinski definition) is 5. The molecule has 0 saturated heterocycles. The summed E-state index contributed by atoms with van der Waals surface area (Å²) in [7, 11) is 1.63. The standard InChI is InChI=1S/C21H19N3O3S/c1-27-14-5-2-4-13(12-14)9-10-22-21(26)15-7-8-16(25)19-18(15)23-20(24-19)17-6-3-11-28-17/h2-8,11-12,25H,9-10H2,1H3,(H,22,26)(H,23,24). The zero-order valence-corrected chi connectivity index (χ0v) is 16.0. The summed E-state index contributed by atoms with van der Waals surface area (Å²) in [5.74, 6) is 1.27. The summed E-state index contributed by atoms with van der Waals surface area (Å²) >= 11 is 1.54. The Kier molecular flexibility index (Phi) is 4.99. The van der Waals surface area contributed by atoms with Crippen LogP contribution >= 0.6 is 11.3 Å². The lowest BCUT2D eigenvalue weighted by atomic mass is 10.1. The summed E-state index contributed by atoms with van der Waals surface area (Å²) in [6.07, 6.45) is 0.686. The van der Waals surface area contributed by atoms with Crippen LogP contribution in [0, 0.1) is 0 Å². The van der Waals surface area contributed by atoms with E-state index in [0.717, 1.165) is 16.2 Å². The lowest BCUT2D eigenvalue weighted by molar-refractivity contribution is 0.0955. The predicted octanol–water partition coefficient (Wildman–Crippen LogP) is 3.98. The normalized spacial score (nSPS) is 10.9. The van der Waals surface area contributed by atoms with Crippen LogP contribution in [0.2, 0.25) is 0 Å². The van der Waals surface area contributed by atoms with Gasteiger partial charge in [-0.05, 0) is 47.7 Å². The Labute approximate surface area is 165 Å². The SMILES string of the molecule is COc1cccc(CCNC(=O)c2ccc(O)c3[nH]c(-c4cccs4)nc23)c1. The molecule has 0 aliphatic carbocycles. The summed E-state index contributed by atoms with van der Waals surface area (Å²) in [6, 6.07) is 14.7. The average molecular weight is 393 g/mol. The molecule has 0 radical (unpaired) electrons. The number of amides is 1. The Morgan fingerprint density at radius 3 is 2.93 bits per heavy atom. The first-order valence-corrected chi connectivity index (χ1v) is 9.70. The maximum Gasteiger partial charge on any atom is 0.253 e. The largest absolute Gasteiger partial charge is 0.506 e. The van der Waals surface area contributed by atoms with E-state index in [4.69, 9.17) is 4.74 Å². The molecule has 0 bridgehead atoms. The summed E-state index contributed by atoms with van der Waals surface area (Å²) in [6.45, 7) is 0.483.